The summed E-state index contributed by atoms with van der Waals surface area (Å²) in [4.78, 5) is 29.6. The molecule has 2 aromatic rings. The summed E-state index contributed by atoms with van der Waals surface area (Å²) in [5, 5.41) is 10.6. The lowest BCUT2D eigenvalue weighted by Gasteiger charge is -2.28. The highest BCUT2D eigenvalue weighted by Crippen LogP contribution is 2.40. The van der Waals surface area contributed by atoms with Crippen LogP contribution in [0.4, 0.5) is 4.39 Å². The quantitative estimate of drug-likeness (QED) is 0.627. The van der Waals surface area contributed by atoms with Gasteiger partial charge in [-0.05, 0) is 51.2 Å². The monoisotopic (exact) mass is 414 g/mol. The first-order valence-electron chi connectivity index (χ1n) is 10.2. The van der Waals surface area contributed by atoms with E-state index in [2.05, 4.69) is 18.7 Å². The maximum atomic E-state index is 14.7. The summed E-state index contributed by atoms with van der Waals surface area (Å²) in [6.07, 6.45) is 0.632. The Morgan fingerprint density at radius 1 is 1.20 bits per heavy atom. The van der Waals surface area contributed by atoms with E-state index in [9.17, 15) is 19.1 Å². The summed E-state index contributed by atoms with van der Waals surface area (Å²) in [5.74, 6) is -1.94. The van der Waals surface area contributed by atoms with Crippen LogP contribution in [0.5, 0.6) is 0 Å². The second-order valence-corrected chi connectivity index (χ2v) is 7.30. The Morgan fingerprint density at radius 2 is 1.90 bits per heavy atom. The van der Waals surface area contributed by atoms with Crippen molar-refractivity contribution in [1.29, 1.82) is 0 Å². The minimum absolute atomic E-state index is 0.00757. The number of ketones is 1. The van der Waals surface area contributed by atoms with Gasteiger partial charge in [0.1, 0.15) is 11.6 Å². The minimum atomic E-state index is -1.01. The Morgan fingerprint density at radius 3 is 2.50 bits per heavy atom. The molecule has 1 amide bonds. The van der Waals surface area contributed by atoms with Crippen LogP contribution in [-0.4, -0.2) is 52.8 Å². The van der Waals surface area contributed by atoms with Gasteiger partial charge in [-0.2, -0.15) is 0 Å². The predicted octanol–water partition coefficient (Wildman–Crippen LogP) is 4.04. The van der Waals surface area contributed by atoms with Crippen molar-refractivity contribution >= 4 is 11.7 Å². The predicted molar refractivity (Wildman–Crippen MR) is 111 cm³/mol. The molecule has 30 heavy (non-hydrogen) atoms. The number of carbonyl (C=O) groups is 2. The fourth-order valence-corrected chi connectivity index (χ4v) is 3.83. The molecule has 2 heterocycles. The average Bonchev–Trinajstić information content (AvgIpc) is 3.28. The molecular formula is C23H27FN2O4. The topological polar surface area (TPSA) is 74.0 Å². The van der Waals surface area contributed by atoms with Crippen molar-refractivity contribution in [3.8, 4) is 0 Å². The van der Waals surface area contributed by atoms with Crippen LogP contribution in [0, 0.1) is 12.7 Å². The van der Waals surface area contributed by atoms with Gasteiger partial charge in [-0.1, -0.05) is 32.0 Å². The van der Waals surface area contributed by atoms with E-state index in [1.807, 2.05) is 0 Å². The molecule has 0 aliphatic carbocycles. The van der Waals surface area contributed by atoms with Crippen molar-refractivity contribution in [3.63, 3.8) is 0 Å². The smallest absolute Gasteiger partial charge is 0.290 e. The molecule has 1 aromatic heterocycles. The summed E-state index contributed by atoms with van der Waals surface area (Å²) < 4.78 is 20.1. The summed E-state index contributed by atoms with van der Waals surface area (Å²) in [6, 6.07) is 8.11. The number of amides is 1. The number of aliphatic hydroxyl groups excluding tert-OH is 1. The zero-order valence-corrected chi connectivity index (χ0v) is 17.5. The molecule has 0 saturated heterocycles. The summed E-state index contributed by atoms with van der Waals surface area (Å²) >= 11 is 0. The molecule has 7 heteroatoms. The van der Waals surface area contributed by atoms with Gasteiger partial charge in [0, 0.05) is 12.1 Å². The fraction of sp³-hybridized carbons (Fsp3) is 0.391. The van der Waals surface area contributed by atoms with E-state index in [4.69, 9.17) is 4.42 Å². The van der Waals surface area contributed by atoms with E-state index in [0.29, 0.717) is 12.2 Å². The SMILES string of the molecule is CCN(CC)CCCN1C(=O)C(O)=C(C(=O)c2ccc(C)o2)[C@H]1c1ccccc1F. The first-order valence-corrected chi connectivity index (χ1v) is 10.2. The Balaban J connectivity index is 1.97. The van der Waals surface area contributed by atoms with Gasteiger partial charge >= 0.3 is 0 Å². The van der Waals surface area contributed by atoms with Gasteiger partial charge < -0.3 is 19.3 Å². The third-order valence-electron chi connectivity index (χ3n) is 5.48. The first-order chi connectivity index (χ1) is 14.4. The van der Waals surface area contributed by atoms with Gasteiger partial charge in [-0.3, -0.25) is 9.59 Å². The Kier molecular flexibility index (Phi) is 6.72. The van der Waals surface area contributed by atoms with Crippen LogP contribution < -0.4 is 0 Å². The number of benzene rings is 1. The van der Waals surface area contributed by atoms with E-state index in [1.54, 1.807) is 25.1 Å². The highest BCUT2D eigenvalue weighted by Gasteiger charge is 2.45. The van der Waals surface area contributed by atoms with Crippen molar-refractivity contribution < 1.29 is 23.5 Å². The number of Topliss-reactive ketones (excluding diaryl/α,β-unsaturated/α-hetero) is 1. The Bertz CT molecular complexity index is 962. The number of aryl methyl sites for hydroxylation is 1. The second-order valence-electron chi connectivity index (χ2n) is 7.30. The van der Waals surface area contributed by atoms with Gasteiger partial charge in [0.05, 0.1) is 11.6 Å². The highest BCUT2D eigenvalue weighted by atomic mass is 19.1. The second kappa shape index (κ2) is 9.26. The van der Waals surface area contributed by atoms with Crippen molar-refractivity contribution in [2.24, 2.45) is 0 Å². The minimum Gasteiger partial charge on any atom is -0.503 e. The molecule has 0 unspecified atom stereocenters. The number of furan rings is 1. The van der Waals surface area contributed by atoms with E-state index in [-0.39, 0.29) is 23.4 Å². The largest absolute Gasteiger partial charge is 0.503 e. The standard InChI is InChI=1S/C23H27FN2O4/c1-4-25(5-2)13-8-14-26-20(16-9-6-7-10-17(16)24)19(22(28)23(26)29)21(27)18-12-11-15(3)30-18/h6-7,9-12,20,28H,4-5,8,13-14H2,1-3H3/t20-/m1/s1. The van der Waals surface area contributed by atoms with E-state index >= 15 is 0 Å². The van der Waals surface area contributed by atoms with Crippen LogP contribution in [-0.2, 0) is 4.79 Å². The van der Waals surface area contributed by atoms with Crippen LogP contribution in [0.1, 0.15) is 48.2 Å². The molecule has 3 rings (SSSR count). The normalized spacial score (nSPS) is 16.8. The van der Waals surface area contributed by atoms with Crippen LogP contribution in [0.25, 0.3) is 0 Å². The van der Waals surface area contributed by atoms with Crippen LogP contribution in [0.3, 0.4) is 0 Å². The van der Waals surface area contributed by atoms with Gasteiger partial charge in [0.2, 0.25) is 5.78 Å². The zero-order chi connectivity index (χ0) is 21.8. The van der Waals surface area contributed by atoms with Crippen LogP contribution in [0.15, 0.2) is 52.1 Å². The maximum absolute atomic E-state index is 14.7. The van der Waals surface area contributed by atoms with Crippen molar-refractivity contribution in [3.05, 3.63) is 70.6 Å². The van der Waals surface area contributed by atoms with E-state index in [1.165, 1.54) is 23.1 Å². The summed E-state index contributed by atoms with van der Waals surface area (Å²) in [6.45, 7) is 8.61. The van der Waals surface area contributed by atoms with Gasteiger partial charge in [0.15, 0.2) is 11.5 Å². The third-order valence-corrected chi connectivity index (χ3v) is 5.48. The Hall–Kier alpha value is -2.93. The fourth-order valence-electron chi connectivity index (χ4n) is 3.83. The van der Waals surface area contributed by atoms with Gasteiger partial charge in [-0.25, -0.2) is 4.39 Å². The lowest BCUT2D eigenvalue weighted by atomic mass is 9.94. The Labute approximate surface area is 175 Å². The molecule has 160 valence electrons. The number of carbonyl (C=O) groups excluding carboxylic acids is 2. The molecule has 1 atom stereocenters. The van der Waals surface area contributed by atoms with Gasteiger partial charge in [0.25, 0.3) is 5.91 Å². The molecule has 1 aromatic carbocycles. The van der Waals surface area contributed by atoms with E-state index in [0.717, 1.165) is 19.6 Å². The molecule has 0 saturated carbocycles. The maximum Gasteiger partial charge on any atom is 0.290 e. The molecule has 1 aliphatic heterocycles. The lowest BCUT2D eigenvalue weighted by molar-refractivity contribution is -0.129. The number of hydrogen-bond donors (Lipinski definition) is 1. The molecule has 1 N–H and O–H groups in total. The molecule has 0 bridgehead atoms. The van der Waals surface area contributed by atoms with Crippen molar-refractivity contribution in [1.82, 2.24) is 9.80 Å². The number of hydrogen-bond acceptors (Lipinski definition) is 5. The number of halogens is 1. The van der Waals surface area contributed by atoms with E-state index < -0.39 is 29.3 Å². The zero-order valence-electron chi connectivity index (χ0n) is 17.5. The highest BCUT2D eigenvalue weighted by molar-refractivity contribution is 6.15. The first kappa shape index (κ1) is 21.8. The molecule has 0 spiro atoms. The molecule has 1 aliphatic rings. The lowest BCUT2D eigenvalue weighted by Crippen LogP contribution is -2.35. The number of nitrogens with zero attached hydrogens (tertiary/aromatic N) is 2. The van der Waals surface area contributed by atoms with Crippen LogP contribution >= 0.6 is 0 Å². The van der Waals surface area contributed by atoms with Crippen molar-refractivity contribution in [2.45, 2.75) is 33.2 Å². The van der Waals surface area contributed by atoms with Crippen molar-refractivity contribution in [2.75, 3.05) is 26.2 Å². The van der Waals surface area contributed by atoms with Crippen LogP contribution in [0.2, 0.25) is 0 Å². The molecule has 6 nitrogen and oxygen atoms in total. The third kappa shape index (κ3) is 4.16. The van der Waals surface area contributed by atoms with Gasteiger partial charge in [-0.15, -0.1) is 0 Å². The average molecular weight is 414 g/mol. The molecule has 0 radical (unpaired) electrons. The summed E-state index contributed by atoms with van der Waals surface area (Å²) in [5.41, 5.74) is 0.0201. The number of aliphatic hydroxyl groups is 1. The molecule has 0 fully saturated rings. The number of rotatable bonds is 9. The molecular weight excluding hydrogens is 387 g/mol. The summed E-state index contributed by atoms with van der Waals surface area (Å²) in [7, 11) is 0.